The van der Waals surface area contributed by atoms with Crippen LogP contribution < -0.4 is 11.1 Å². The van der Waals surface area contributed by atoms with E-state index in [-0.39, 0.29) is 18.7 Å². The van der Waals surface area contributed by atoms with Crippen molar-refractivity contribution in [2.45, 2.75) is 31.3 Å². The molecule has 3 amide bonds. The second-order valence-electron chi connectivity index (χ2n) is 3.91. The van der Waals surface area contributed by atoms with Gasteiger partial charge >= 0.3 is 0 Å². The predicted molar refractivity (Wildman–Crippen MR) is 60.4 cm³/mol. The third kappa shape index (κ3) is 3.04. The van der Waals surface area contributed by atoms with Crippen molar-refractivity contribution in [2.24, 2.45) is 5.73 Å². The van der Waals surface area contributed by atoms with Crippen molar-refractivity contribution < 1.29 is 14.4 Å². The van der Waals surface area contributed by atoms with Gasteiger partial charge in [0.15, 0.2) is 0 Å². The zero-order valence-corrected chi connectivity index (χ0v) is 9.60. The van der Waals surface area contributed by atoms with E-state index in [0.29, 0.717) is 6.42 Å². The number of carbonyl (C=O) groups is 3. The molecule has 0 saturated carbocycles. The molecule has 2 unspecified atom stereocenters. The molecule has 3 N–H and O–H groups in total. The number of hydrogen-bond donors (Lipinski definition) is 2. The summed E-state index contributed by atoms with van der Waals surface area (Å²) >= 11 is 0. The van der Waals surface area contributed by atoms with Crippen molar-refractivity contribution in [3.8, 4) is 12.3 Å². The first-order valence-corrected chi connectivity index (χ1v) is 5.27. The Morgan fingerprint density at radius 2 is 2.35 bits per heavy atom. The highest BCUT2D eigenvalue weighted by Gasteiger charge is 2.33. The zero-order chi connectivity index (χ0) is 13.0. The van der Waals surface area contributed by atoms with Crippen LogP contribution in [0.25, 0.3) is 0 Å². The number of carbonyl (C=O) groups excluding carboxylic acids is 3. The van der Waals surface area contributed by atoms with Gasteiger partial charge in [-0.25, -0.2) is 0 Å². The fraction of sp³-hybridized carbons (Fsp3) is 0.545. The molecule has 6 heteroatoms. The van der Waals surface area contributed by atoms with Crippen molar-refractivity contribution >= 4 is 17.7 Å². The second kappa shape index (κ2) is 5.46. The Bertz CT molecular complexity index is 386. The Balaban J connectivity index is 2.58. The molecule has 2 atom stereocenters. The lowest BCUT2D eigenvalue weighted by molar-refractivity contribution is -0.149. The van der Waals surface area contributed by atoms with E-state index in [1.165, 1.54) is 7.05 Å². The van der Waals surface area contributed by atoms with E-state index in [9.17, 15) is 14.4 Å². The van der Waals surface area contributed by atoms with Gasteiger partial charge in [0.05, 0.1) is 6.04 Å². The summed E-state index contributed by atoms with van der Waals surface area (Å²) in [6, 6.07) is -1.51. The van der Waals surface area contributed by atoms with Crippen LogP contribution >= 0.6 is 0 Å². The number of piperidine rings is 1. The topological polar surface area (TPSA) is 92.5 Å². The summed E-state index contributed by atoms with van der Waals surface area (Å²) in [5.74, 6) is 1.15. The van der Waals surface area contributed by atoms with E-state index in [1.807, 2.05) is 0 Å². The quantitative estimate of drug-likeness (QED) is 0.466. The van der Waals surface area contributed by atoms with E-state index < -0.39 is 23.9 Å². The summed E-state index contributed by atoms with van der Waals surface area (Å²) in [6.45, 7) is 0. The highest BCUT2D eigenvalue weighted by atomic mass is 16.2. The van der Waals surface area contributed by atoms with Crippen LogP contribution in [-0.2, 0) is 14.4 Å². The van der Waals surface area contributed by atoms with Crippen LogP contribution in [0.15, 0.2) is 0 Å². The highest BCUT2D eigenvalue weighted by Crippen LogP contribution is 2.11. The molecule has 0 radical (unpaired) electrons. The van der Waals surface area contributed by atoms with Crippen molar-refractivity contribution in [3.05, 3.63) is 0 Å². The van der Waals surface area contributed by atoms with Crippen LogP contribution in [0.5, 0.6) is 0 Å². The smallest absolute Gasteiger partial charge is 0.251 e. The number of imide groups is 1. The van der Waals surface area contributed by atoms with E-state index in [2.05, 4.69) is 11.2 Å². The number of rotatable bonds is 3. The molecule has 17 heavy (non-hydrogen) atoms. The number of terminal acetylenes is 1. The second-order valence-corrected chi connectivity index (χ2v) is 3.91. The van der Waals surface area contributed by atoms with Gasteiger partial charge in [-0.15, -0.1) is 12.3 Å². The summed E-state index contributed by atoms with van der Waals surface area (Å²) in [5.41, 5.74) is 5.51. The average molecular weight is 237 g/mol. The molecule has 1 aliphatic rings. The largest absolute Gasteiger partial charge is 0.343 e. The van der Waals surface area contributed by atoms with Crippen molar-refractivity contribution in [1.82, 2.24) is 10.2 Å². The zero-order valence-electron chi connectivity index (χ0n) is 9.60. The summed E-state index contributed by atoms with van der Waals surface area (Å²) in [7, 11) is 1.39. The molecular formula is C11H15N3O3. The molecule has 1 heterocycles. The fourth-order valence-corrected chi connectivity index (χ4v) is 1.55. The van der Waals surface area contributed by atoms with Crippen molar-refractivity contribution in [2.75, 3.05) is 7.05 Å². The molecule has 0 aromatic heterocycles. The van der Waals surface area contributed by atoms with E-state index >= 15 is 0 Å². The summed E-state index contributed by atoms with van der Waals surface area (Å²) in [6.07, 6.45) is 5.69. The molecular weight excluding hydrogens is 222 g/mol. The van der Waals surface area contributed by atoms with Gasteiger partial charge in [-0.1, -0.05) is 0 Å². The minimum Gasteiger partial charge on any atom is -0.343 e. The molecule has 0 spiro atoms. The maximum Gasteiger partial charge on any atom is 0.251 e. The number of nitrogens with zero attached hydrogens (tertiary/aromatic N) is 1. The van der Waals surface area contributed by atoms with Crippen molar-refractivity contribution in [1.29, 1.82) is 0 Å². The SMILES string of the molecule is C#CCC(N)C(=O)NC1CCC(=O)N(C)C1=O. The maximum absolute atomic E-state index is 11.7. The number of likely N-dealkylation sites (tertiary alicyclic amines) is 1. The lowest BCUT2D eigenvalue weighted by atomic mass is 10.0. The molecule has 0 aromatic carbocycles. The highest BCUT2D eigenvalue weighted by molar-refractivity contribution is 6.01. The summed E-state index contributed by atoms with van der Waals surface area (Å²) in [5, 5.41) is 2.50. The summed E-state index contributed by atoms with van der Waals surface area (Å²) in [4.78, 5) is 35.4. The van der Waals surface area contributed by atoms with Crippen LogP contribution in [0, 0.1) is 12.3 Å². The van der Waals surface area contributed by atoms with E-state index in [1.54, 1.807) is 0 Å². The number of likely N-dealkylation sites (N-methyl/N-ethyl adjacent to an activating group) is 1. The molecule has 0 aliphatic carbocycles. The first-order chi connectivity index (χ1) is 7.97. The Labute approximate surface area is 99.5 Å². The monoisotopic (exact) mass is 237 g/mol. The molecule has 1 aliphatic heterocycles. The van der Waals surface area contributed by atoms with Gasteiger partial charge in [-0.2, -0.15) is 0 Å². The van der Waals surface area contributed by atoms with E-state index in [4.69, 9.17) is 12.2 Å². The number of amides is 3. The number of nitrogens with one attached hydrogen (secondary N) is 1. The third-order valence-corrected chi connectivity index (χ3v) is 2.64. The lowest BCUT2D eigenvalue weighted by Crippen LogP contribution is -2.55. The van der Waals surface area contributed by atoms with Crippen LogP contribution in [0.2, 0.25) is 0 Å². The first kappa shape index (κ1) is 13.2. The minimum absolute atomic E-state index is 0.113. The van der Waals surface area contributed by atoms with Crippen molar-refractivity contribution in [3.63, 3.8) is 0 Å². The standard InChI is InChI=1S/C11H15N3O3/c1-3-4-7(12)10(16)13-8-5-6-9(15)14(2)11(8)17/h1,7-8H,4-6,12H2,2H3,(H,13,16). The van der Waals surface area contributed by atoms with Crippen LogP contribution in [0.1, 0.15) is 19.3 Å². The van der Waals surface area contributed by atoms with Gasteiger partial charge in [0.25, 0.3) is 5.91 Å². The van der Waals surface area contributed by atoms with Crippen LogP contribution in [0.3, 0.4) is 0 Å². The molecule has 1 fully saturated rings. The Morgan fingerprint density at radius 3 is 2.94 bits per heavy atom. The molecule has 92 valence electrons. The van der Waals surface area contributed by atoms with Gasteiger partial charge < -0.3 is 11.1 Å². The number of nitrogens with two attached hydrogens (primary N) is 1. The van der Waals surface area contributed by atoms with Crippen LogP contribution in [0.4, 0.5) is 0 Å². The van der Waals surface area contributed by atoms with Gasteiger partial charge in [-0.3, -0.25) is 19.3 Å². The predicted octanol–water partition coefficient (Wildman–Crippen LogP) is -1.40. The molecule has 0 bridgehead atoms. The number of hydrogen-bond acceptors (Lipinski definition) is 4. The average Bonchev–Trinajstić information content (AvgIpc) is 2.30. The van der Waals surface area contributed by atoms with Gasteiger partial charge in [0.2, 0.25) is 11.8 Å². The molecule has 6 nitrogen and oxygen atoms in total. The Kier molecular flexibility index (Phi) is 4.24. The first-order valence-electron chi connectivity index (χ1n) is 5.27. The Morgan fingerprint density at radius 1 is 1.71 bits per heavy atom. The minimum atomic E-state index is -0.823. The molecule has 0 aromatic rings. The maximum atomic E-state index is 11.7. The normalized spacial score (nSPS) is 21.9. The summed E-state index contributed by atoms with van der Waals surface area (Å²) < 4.78 is 0. The fourth-order valence-electron chi connectivity index (χ4n) is 1.55. The van der Waals surface area contributed by atoms with Gasteiger partial charge in [-0.05, 0) is 6.42 Å². The third-order valence-electron chi connectivity index (χ3n) is 2.64. The molecule has 1 saturated heterocycles. The van der Waals surface area contributed by atoms with E-state index in [0.717, 1.165) is 4.90 Å². The van der Waals surface area contributed by atoms with Crippen LogP contribution in [-0.4, -0.2) is 41.8 Å². The molecule has 1 rings (SSSR count). The van der Waals surface area contributed by atoms with Gasteiger partial charge in [0, 0.05) is 19.9 Å². The van der Waals surface area contributed by atoms with Gasteiger partial charge in [0.1, 0.15) is 6.04 Å². The lowest BCUT2D eigenvalue weighted by Gasteiger charge is -2.28. The Hall–Kier alpha value is -1.87.